The van der Waals surface area contributed by atoms with Crippen LogP contribution in [0.4, 0.5) is 0 Å². The molecule has 4 nitrogen and oxygen atoms in total. The zero-order chi connectivity index (χ0) is 13.0. The van der Waals surface area contributed by atoms with Crippen LogP contribution in [0.5, 0.6) is 0 Å². The summed E-state index contributed by atoms with van der Waals surface area (Å²) in [5, 5.41) is 0. The topological polar surface area (TPSA) is 26.3 Å². The van der Waals surface area contributed by atoms with Crippen LogP contribution in [0.15, 0.2) is 12.7 Å². The molecule has 0 amide bonds. The maximum Gasteiger partial charge on any atom is 0.330 e. The van der Waals surface area contributed by atoms with Crippen molar-refractivity contribution in [2.24, 2.45) is 0 Å². The van der Waals surface area contributed by atoms with Crippen molar-refractivity contribution in [1.29, 1.82) is 0 Å². The third kappa shape index (κ3) is 8.44. The predicted molar refractivity (Wildman–Crippen MR) is 65.9 cm³/mol. The molecular weight excluding hydrogens is 204 g/mol. The fourth-order valence-corrected chi connectivity index (χ4v) is 1.57. The van der Waals surface area contributed by atoms with Gasteiger partial charge in [0.25, 0.3) is 0 Å². The number of quaternary nitrogens is 2. The Kier molecular flexibility index (Phi) is 5.16. The summed E-state index contributed by atoms with van der Waals surface area (Å²) in [6.07, 6.45) is 1.14. The first-order chi connectivity index (χ1) is 7.03. The number of hydrogen-bond donors (Lipinski definition) is 0. The van der Waals surface area contributed by atoms with Gasteiger partial charge in [0.15, 0.2) is 6.10 Å². The van der Waals surface area contributed by atoms with Gasteiger partial charge in [-0.3, -0.25) is 0 Å². The van der Waals surface area contributed by atoms with Crippen molar-refractivity contribution in [3.05, 3.63) is 12.7 Å². The van der Waals surface area contributed by atoms with E-state index in [2.05, 4.69) is 48.9 Å². The summed E-state index contributed by atoms with van der Waals surface area (Å²) in [4.78, 5) is 11.2. The van der Waals surface area contributed by atoms with Gasteiger partial charge in [-0.05, 0) is 0 Å². The van der Waals surface area contributed by atoms with E-state index in [4.69, 9.17) is 4.74 Å². The molecule has 0 aromatic heterocycles. The van der Waals surface area contributed by atoms with E-state index in [1.54, 1.807) is 0 Å². The zero-order valence-electron chi connectivity index (χ0n) is 11.5. The van der Waals surface area contributed by atoms with Crippen LogP contribution < -0.4 is 0 Å². The molecule has 0 saturated heterocycles. The van der Waals surface area contributed by atoms with Crippen molar-refractivity contribution in [3.8, 4) is 0 Å². The second-order valence-electron chi connectivity index (χ2n) is 6.21. The van der Waals surface area contributed by atoms with E-state index in [-0.39, 0.29) is 12.1 Å². The van der Waals surface area contributed by atoms with Gasteiger partial charge >= 0.3 is 5.97 Å². The summed E-state index contributed by atoms with van der Waals surface area (Å²) in [7, 11) is 12.5. The maximum atomic E-state index is 11.2. The largest absolute Gasteiger partial charge is 0.447 e. The molecule has 0 fully saturated rings. The van der Waals surface area contributed by atoms with Crippen LogP contribution in [0.3, 0.4) is 0 Å². The monoisotopic (exact) mass is 230 g/mol. The van der Waals surface area contributed by atoms with Gasteiger partial charge in [-0.2, -0.15) is 0 Å². The Morgan fingerprint density at radius 3 is 1.75 bits per heavy atom. The Bertz CT molecular complexity index is 233. The molecule has 0 N–H and O–H groups in total. The maximum absolute atomic E-state index is 11.2. The molecule has 94 valence electrons. The first kappa shape index (κ1) is 15.1. The van der Waals surface area contributed by atoms with E-state index in [0.717, 1.165) is 22.1 Å². The minimum Gasteiger partial charge on any atom is -0.447 e. The SMILES string of the molecule is C=CC(=O)OC(C[N+](C)(C)C)C[N+](C)(C)C. The Morgan fingerprint density at radius 1 is 1.12 bits per heavy atom. The molecular formula is C12H26N2O2+2. The average Bonchev–Trinajstić information content (AvgIpc) is 1.97. The molecule has 0 bridgehead atoms. The summed E-state index contributed by atoms with van der Waals surface area (Å²) in [5.74, 6) is -0.341. The molecule has 4 heteroatoms. The van der Waals surface area contributed by atoms with Crippen LogP contribution in [0.1, 0.15) is 0 Å². The third-order valence-corrected chi connectivity index (χ3v) is 1.95. The van der Waals surface area contributed by atoms with Crippen molar-refractivity contribution in [2.45, 2.75) is 6.10 Å². The molecule has 0 radical (unpaired) electrons. The quantitative estimate of drug-likeness (QED) is 0.377. The van der Waals surface area contributed by atoms with Crippen LogP contribution in [0.25, 0.3) is 0 Å². The lowest BCUT2D eigenvalue weighted by Crippen LogP contribution is -2.50. The molecule has 0 aliphatic carbocycles. The number of carbonyl (C=O) groups is 1. The molecule has 0 heterocycles. The smallest absolute Gasteiger partial charge is 0.330 e. The van der Waals surface area contributed by atoms with Crippen LogP contribution in [-0.2, 0) is 9.53 Å². The zero-order valence-corrected chi connectivity index (χ0v) is 11.5. The Morgan fingerprint density at radius 2 is 1.50 bits per heavy atom. The number of esters is 1. The molecule has 16 heavy (non-hydrogen) atoms. The second-order valence-corrected chi connectivity index (χ2v) is 6.21. The van der Waals surface area contributed by atoms with E-state index < -0.39 is 0 Å². The molecule has 0 aliphatic rings. The summed E-state index contributed by atoms with van der Waals surface area (Å²) in [5.41, 5.74) is 0. The Balaban J connectivity index is 4.51. The van der Waals surface area contributed by atoms with Gasteiger partial charge in [0.1, 0.15) is 13.1 Å². The number of carbonyl (C=O) groups excluding carboxylic acids is 1. The van der Waals surface area contributed by atoms with Gasteiger partial charge in [0.05, 0.1) is 42.3 Å². The summed E-state index contributed by atoms with van der Waals surface area (Å²) < 4.78 is 6.91. The lowest BCUT2D eigenvalue weighted by Gasteiger charge is -2.33. The van der Waals surface area contributed by atoms with Crippen LogP contribution in [-0.4, -0.2) is 76.4 Å². The molecule has 0 spiro atoms. The van der Waals surface area contributed by atoms with Crippen LogP contribution in [0.2, 0.25) is 0 Å². The number of ether oxygens (including phenoxy) is 1. The predicted octanol–water partition coefficient (Wildman–Crippen LogP) is 0.497. The highest BCUT2D eigenvalue weighted by molar-refractivity contribution is 5.81. The van der Waals surface area contributed by atoms with Crippen molar-refractivity contribution < 1.29 is 18.5 Å². The number of rotatable bonds is 6. The standard InChI is InChI=1S/C12H26N2O2/c1-8-12(15)16-11(9-13(2,3)4)10-14(5,6)7/h8,11H,1,9-10H2,2-7H3/q+2. The highest BCUT2D eigenvalue weighted by Crippen LogP contribution is 2.05. The van der Waals surface area contributed by atoms with E-state index in [0.29, 0.717) is 0 Å². The minimum atomic E-state index is -0.341. The normalized spacial score (nSPS) is 12.7. The van der Waals surface area contributed by atoms with E-state index in [1.807, 2.05) is 0 Å². The molecule has 0 saturated carbocycles. The van der Waals surface area contributed by atoms with Crippen molar-refractivity contribution >= 4 is 5.97 Å². The van der Waals surface area contributed by atoms with E-state index >= 15 is 0 Å². The number of likely N-dealkylation sites (N-methyl/N-ethyl adjacent to an activating group) is 2. The number of nitrogens with zero attached hydrogens (tertiary/aromatic N) is 2. The van der Waals surface area contributed by atoms with Crippen molar-refractivity contribution in [2.75, 3.05) is 55.4 Å². The second kappa shape index (κ2) is 5.46. The fraction of sp³-hybridized carbons (Fsp3) is 0.750. The summed E-state index contributed by atoms with van der Waals surface area (Å²) in [6, 6.07) is 0. The minimum absolute atomic E-state index is 0.0782. The average molecular weight is 230 g/mol. The molecule has 0 unspecified atom stereocenters. The van der Waals surface area contributed by atoms with Crippen LogP contribution >= 0.6 is 0 Å². The molecule has 0 atom stereocenters. The first-order valence-electron chi connectivity index (χ1n) is 5.47. The van der Waals surface area contributed by atoms with Crippen molar-refractivity contribution in [1.82, 2.24) is 0 Å². The third-order valence-electron chi connectivity index (χ3n) is 1.95. The Hall–Kier alpha value is -0.870. The fourth-order valence-electron chi connectivity index (χ4n) is 1.57. The molecule has 0 rings (SSSR count). The van der Waals surface area contributed by atoms with Gasteiger partial charge in [-0.25, -0.2) is 4.79 Å². The molecule has 0 aromatic rings. The van der Waals surface area contributed by atoms with Gasteiger partial charge in [-0.1, -0.05) is 6.58 Å². The van der Waals surface area contributed by atoms with Crippen molar-refractivity contribution in [3.63, 3.8) is 0 Å². The van der Waals surface area contributed by atoms with Gasteiger partial charge in [0.2, 0.25) is 0 Å². The van der Waals surface area contributed by atoms with Gasteiger partial charge in [0, 0.05) is 6.08 Å². The summed E-state index contributed by atoms with van der Waals surface area (Å²) in [6.45, 7) is 5.02. The first-order valence-corrected chi connectivity index (χ1v) is 5.47. The van der Waals surface area contributed by atoms with Crippen LogP contribution in [0, 0.1) is 0 Å². The molecule has 0 aromatic carbocycles. The Labute approximate surface area is 99.3 Å². The number of hydrogen-bond acceptors (Lipinski definition) is 2. The van der Waals surface area contributed by atoms with E-state index in [9.17, 15) is 4.79 Å². The highest BCUT2D eigenvalue weighted by Gasteiger charge is 2.26. The lowest BCUT2D eigenvalue weighted by atomic mass is 10.2. The molecule has 0 aliphatic heterocycles. The lowest BCUT2D eigenvalue weighted by molar-refractivity contribution is -0.895. The van der Waals surface area contributed by atoms with E-state index in [1.165, 1.54) is 6.08 Å². The highest BCUT2D eigenvalue weighted by atomic mass is 16.5. The summed E-state index contributed by atoms with van der Waals surface area (Å²) >= 11 is 0. The van der Waals surface area contributed by atoms with Gasteiger partial charge < -0.3 is 13.7 Å². The van der Waals surface area contributed by atoms with Gasteiger partial charge in [-0.15, -0.1) is 0 Å².